The third kappa shape index (κ3) is 3.17. The number of rotatable bonds is 4. The molecule has 25 heavy (non-hydrogen) atoms. The van der Waals surface area contributed by atoms with E-state index in [1.165, 1.54) is 18.9 Å². The third-order valence-electron chi connectivity index (χ3n) is 4.13. The van der Waals surface area contributed by atoms with Crippen LogP contribution in [-0.2, 0) is 9.53 Å². The van der Waals surface area contributed by atoms with Crippen molar-refractivity contribution in [1.82, 2.24) is 9.55 Å². The Labute approximate surface area is 149 Å². The number of methoxy groups -OCH3 is 1. The monoisotopic (exact) mass is 354 g/mol. The highest BCUT2D eigenvalue weighted by atomic mass is 32.2. The van der Waals surface area contributed by atoms with Crippen LogP contribution in [0.5, 0.6) is 0 Å². The molecule has 0 fully saturated rings. The van der Waals surface area contributed by atoms with E-state index in [4.69, 9.17) is 4.74 Å². The van der Waals surface area contributed by atoms with Crippen molar-refractivity contribution in [3.05, 3.63) is 64.4 Å². The molecule has 0 aliphatic heterocycles. The summed E-state index contributed by atoms with van der Waals surface area (Å²) < 4.78 is 6.37. The van der Waals surface area contributed by atoms with Crippen molar-refractivity contribution >= 4 is 28.6 Å². The molecule has 128 valence electrons. The zero-order chi connectivity index (χ0) is 18.0. The van der Waals surface area contributed by atoms with Crippen molar-refractivity contribution in [3.63, 3.8) is 0 Å². The van der Waals surface area contributed by atoms with E-state index in [0.717, 1.165) is 5.56 Å². The Bertz CT molecular complexity index is 980. The predicted molar refractivity (Wildman–Crippen MR) is 99.6 cm³/mol. The first kappa shape index (κ1) is 17.2. The van der Waals surface area contributed by atoms with Crippen LogP contribution in [0.3, 0.4) is 0 Å². The van der Waals surface area contributed by atoms with Gasteiger partial charge in [0.2, 0.25) is 0 Å². The molecule has 1 unspecified atom stereocenters. The molecule has 0 spiro atoms. The molecule has 3 aromatic rings. The lowest BCUT2D eigenvalue weighted by Gasteiger charge is -2.14. The van der Waals surface area contributed by atoms with Gasteiger partial charge in [-0.1, -0.05) is 36.0 Å². The first-order chi connectivity index (χ1) is 12.1. The lowest BCUT2D eigenvalue weighted by atomic mass is 10.0. The molecule has 5 nitrogen and oxygen atoms in total. The summed E-state index contributed by atoms with van der Waals surface area (Å²) in [6.07, 6.45) is 1.89. The van der Waals surface area contributed by atoms with Gasteiger partial charge in [-0.05, 0) is 43.0 Å². The van der Waals surface area contributed by atoms with E-state index in [0.29, 0.717) is 21.7 Å². The van der Waals surface area contributed by atoms with Gasteiger partial charge in [-0.3, -0.25) is 14.2 Å². The maximum atomic E-state index is 12.9. The normalized spacial score (nSPS) is 12.1. The average Bonchev–Trinajstić information content (AvgIpc) is 2.66. The molecule has 1 aromatic heterocycles. The number of carbonyl (C=O) groups is 1. The number of para-hydroxylation sites is 1. The maximum Gasteiger partial charge on any atom is 0.312 e. The molecular weight excluding hydrogens is 336 g/mol. The number of fused-ring (bicyclic) bond motifs is 1. The van der Waals surface area contributed by atoms with Crippen LogP contribution in [0.4, 0.5) is 0 Å². The maximum absolute atomic E-state index is 12.9. The number of aromatic nitrogens is 2. The summed E-state index contributed by atoms with van der Waals surface area (Å²) in [6.45, 7) is 1.79. The first-order valence-electron chi connectivity index (χ1n) is 7.80. The lowest BCUT2D eigenvalue weighted by molar-refractivity contribution is -0.141. The molecule has 6 heteroatoms. The summed E-state index contributed by atoms with van der Waals surface area (Å²) in [4.78, 5) is 29.2. The van der Waals surface area contributed by atoms with Gasteiger partial charge in [0.1, 0.15) is 0 Å². The van der Waals surface area contributed by atoms with E-state index in [-0.39, 0.29) is 17.4 Å². The number of benzene rings is 2. The highest BCUT2D eigenvalue weighted by molar-refractivity contribution is 7.98. The summed E-state index contributed by atoms with van der Waals surface area (Å²) in [5, 5.41) is 1.20. The quantitative estimate of drug-likeness (QED) is 0.408. The number of hydrogen-bond acceptors (Lipinski definition) is 5. The Morgan fingerprint density at radius 1 is 1.16 bits per heavy atom. The SMILES string of the molecule is COC(=O)C(C)c1ccc(-n2c(SC)nc3ccccc3c2=O)cc1. The van der Waals surface area contributed by atoms with Crippen molar-refractivity contribution in [3.8, 4) is 5.69 Å². The van der Waals surface area contributed by atoms with Crippen LogP contribution in [0.2, 0.25) is 0 Å². The number of esters is 1. The van der Waals surface area contributed by atoms with E-state index in [9.17, 15) is 9.59 Å². The summed E-state index contributed by atoms with van der Waals surface area (Å²) in [6, 6.07) is 14.6. The molecule has 0 N–H and O–H groups in total. The molecule has 1 heterocycles. The number of ether oxygens (including phenoxy) is 1. The zero-order valence-electron chi connectivity index (χ0n) is 14.2. The van der Waals surface area contributed by atoms with Gasteiger partial charge in [-0.15, -0.1) is 0 Å². The molecule has 0 saturated carbocycles. The number of carbonyl (C=O) groups excluding carboxylic acids is 1. The minimum absolute atomic E-state index is 0.108. The first-order valence-corrected chi connectivity index (χ1v) is 9.03. The standard InChI is InChI=1S/C19H18N2O3S/c1-12(18(23)24-2)13-8-10-14(11-9-13)21-17(22)15-6-4-5-7-16(15)20-19(21)25-3/h4-12H,1-3H3. The molecule has 0 amide bonds. The van der Waals surface area contributed by atoms with Crippen LogP contribution in [0.1, 0.15) is 18.4 Å². The minimum atomic E-state index is -0.356. The van der Waals surface area contributed by atoms with Gasteiger partial charge < -0.3 is 4.74 Å². The summed E-state index contributed by atoms with van der Waals surface area (Å²) in [7, 11) is 1.37. The van der Waals surface area contributed by atoms with Crippen LogP contribution < -0.4 is 5.56 Å². The van der Waals surface area contributed by atoms with E-state index in [1.54, 1.807) is 17.6 Å². The van der Waals surface area contributed by atoms with Crippen LogP contribution >= 0.6 is 11.8 Å². The molecular formula is C19H18N2O3S. The smallest absolute Gasteiger partial charge is 0.312 e. The van der Waals surface area contributed by atoms with Gasteiger partial charge in [0, 0.05) is 0 Å². The molecule has 2 aromatic carbocycles. The second-order valence-electron chi connectivity index (χ2n) is 5.59. The second-order valence-corrected chi connectivity index (χ2v) is 6.37. The van der Waals surface area contributed by atoms with Crippen molar-refractivity contribution in [2.45, 2.75) is 18.0 Å². The molecule has 0 radical (unpaired) electrons. The second kappa shape index (κ2) is 7.11. The Morgan fingerprint density at radius 2 is 1.84 bits per heavy atom. The van der Waals surface area contributed by atoms with E-state index in [2.05, 4.69) is 4.98 Å². The molecule has 0 saturated heterocycles. The third-order valence-corrected chi connectivity index (χ3v) is 4.77. The molecule has 0 bridgehead atoms. The molecule has 0 aliphatic rings. The largest absolute Gasteiger partial charge is 0.469 e. The number of hydrogen-bond donors (Lipinski definition) is 0. The Hall–Kier alpha value is -2.60. The summed E-state index contributed by atoms with van der Waals surface area (Å²) in [5.74, 6) is -0.646. The van der Waals surface area contributed by atoms with Crippen molar-refractivity contribution in [2.24, 2.45) is 0 Å². The van der Waals surface area contributed by atoms with Gasteiger partial charge in [0.15, 0.2) is 5.16 Å². The fraction of sp³-hybridized carbons (Fsp3) is 0.211. The number of thioether (sulfide) groups is 1. The van der Waals surface area contributed by atoms with E-state index >= 15 is 0 Å². The van der Waals surface area contributed by atoms with Gasteiger partial charge >= 0.3 is 5.97 Å². The number of nitrogens with zero attached hydrogens (tertiary/aromatic N) is 2. The van der Waals surface area contributed by atoms with Gasteiger partial charge in [0.25, 0.3) is 5.56 Å². The van der Waals surface area contributed by atoms with Gasteiger partial charge in [0.05, 0.1) is 29.6 Å². The highest BCUT2D eigenvalue weighted by Gasteiger charge is 2.16. The Morgan fingerprint density at radius 3 is 2.48 bits per heavy atom. The lowest BCUT2D eigenvalue weighted by Crippen LogP contribution is -2.21. The van der Waals surface area contributed by atoms with Crippen LogP contribution in [0.15, 0.2) is 58.5 Å². The molecule has 3 rings (SSSR count). The fourth-order valence-corrected chi connectivity index (χ4v) is 3.26. The van der Waals surface area contributed by atoms with Crippen LogP contribution in [0.25, 0.3) is 16.6 Å². The Kier molecular flexibility index (Phi) is 4.90. The minimum Gasteiger partial charge on any atom is -0.469 e. The van der Waals surface area contributed by atoms with Crippen molar-refractivity contribution in [2.75, 3.05) is 13.4 Å². The summed E-state index contributed by atoms with van der Waals surface area (Å²) in [5.41, 5.74) is 2.13. The van der Waals surface area contributed by atoms with E-state index in [1.807, 2.05) is 48.7 Å². The Balaban J connectivity index is 2.12. The average molecular weight is 354 g/mol. The fourth-order valence-electron chi connectivity index (χ4n) is 2.70. The van der Waals surface area contributed by atoms with Crippen LogP contribution in [0, 0.1) is 0 Å². The van der Waals surface area contributed by atoms with Gasteiger partial charge in [-0.2, -0.15) is 0 Å². The van der Waals surface area contributed by atoms with Crippen molar-refractivity contribution < 1.29 is 9.53 Å². The van der Waals surface area contributed by atoms with Gasteiger partial charge in [-0.25, -0.2) is 4.98 Å². The van der Waals surface area contributed by atoms with E-state index < -0.39 is 0 Å². The van der Waals surface area contributed by atoms with Crippen molar-refractivity contribution in [1.29, 1.82) is 0 Å². The predicted octanol–water partition coefficient (Wildman–Crippen LogP) is 3.38. The topological polar surface area (TPSA) is 61.2 Å². The van der Waals surface area contributed by atoms with Crippen LogP contribution in [-0.4, -0.2) is 28.9 Å². The highest BCUT2D eigenvalue weighted by Crippen LogP contribution is 2.22. The zero-order valence-corrected chi connectivity index (χ0v) is 15.0. The molecule has 1 atom stereocenters. The molecule has 0 aliphatic carbocycles. The summed E-state index contributed by atoms with van der Waals surface area (Å²) >= 11 is 1.42.